The van der Waals surface area contributed by atoms with Crippen LogP contribution in [0.2, 0.25) is 5.02 Å². The molecule has 0 spiro atoms. The Hall–Kier alpha value is -3.52. The number of aryl methyl sites for hydroxylation is 1. The summed E-state index contributed by atoms with van der Waals surface area (Å²) in [4.78, 5) is 41.6. The number of nitro groups is 1. The van der Waals surface area contributed by atoms with Crippen molar-refractivity contribution in [1.29, 1.82) is 0 Å². The molecule has 2 heterocycles. The number of dihydropyridines is 1. The number of hydrogen-bond acceptors (Lipinski definition) is 6. The van der Waals surface area contributed by atoms with E-state index in [-0.39, 0.29) is 22.1 Å². The normalized spacial score (nSPS) is 18.2. The number of hydrogen-bond donors (Lipinski definition) is 2. The second-order valence-corrected chi connectivity index (χ2v) is 8.25. The number of carbonyl (C=O) groups excluding carboxylic acids is 2. The van der Waals surface area contributed by atoms with E-state index in [0.29, 0.717) is 41.9 Å². The van der Waals surface area contributed by atoms with E-state index in [0.717, 1.165) is 11.4 Å². The van der Waals surface area contributed by atoms with Gasteiger partial charge in [0.05, 0.1) is 4.92 Å². The van der Waals surface area contributed by atoms with Crippen LogP contribution < -0.4 is 10.6 Å². The van der Waals surface area contributed by atoms with Crippen molar-refractivity contribution < 1.29 is 14.5 Å². The minimum Gasteiger partial charge on any atom is -0.362 e. The molecule has 1 amide bonds. The summed E-state index contributed by atoms with van der Waals surface area (Å²) in [5.41, 5.74) is 2.95. The highest BCUT2D eigenvalue weighted by molar-refractivity contribution is 6.31. The third-order valence-electron chi connectivity index (χ3n) is 5.65. The van der Waals surface area contributed by atoms with Crippen LogP contribution in [0.15, 0.2) is 58.9 Å². The quantitative estimate of drug-likeness (QED) is 0.519. The topological polar surface area (TPSA) is 114 Å². The van der Waals surface area contributed by atoms with E-state index in [4.69, 9.17) is 11.6 Å². The smallest absolute Gasteiger partial charge is 0.269 e. The number of carbonyl (C=O) groups is 2. The molecule has 9 heteroatoms. The highest BCUT2D eigenvalue weighted by atomic mass is 35.5. The number of nitro benzene ring substituents is 1. The number of ketones is 1. The molecule has 1 atom stereocenters. The first-order valence-electron chi connectivity index (χ1n) is 10.2. The van der Waals surface area contributed by atoms with E-state index in [1.165, 1.54) is 18.2 Å². The van der Waals surface area contributed by atoms with Gasteiger partial charge in [0.1, 0.15) is 5.82 Å². The molecule has 0 radical (unpaired) electrons. The van der Waals surface area contributed by atoms with Crippen molar-refractivity contribution in [2.45, 2.75) is 39.0 Å². The predicted molar refractivity (Wildman–Crippen MR) is 120 cm³/mol. The van der Waals surface area contributed by atoms with Crippen LogP contribution in [0.5, 0.6) is 0 Å². The Morgan fingerprint density at radius 3 is 2.75 bits per heavy atom. The number of allylic oxidation sites excluding steroid dienone is 3. The zero-order chi connectivity index (χ0) is 23.0. The lowest BCUT2D eigenvalue weighted by Gasteiger charge is -2.34. The molecule has 32 heavy (non-hydrogen) atoms. The fourth-order valence-electron chi connectivity index (χ4n) is 4.26. The van der Waals surface area contributed by atoms with Crippen LogP contribution in [-0.4, -0.2) is 21.6 Å². The Labute approximate surface area is 189 Å². The third kappa shape index (κ3) is 4.01. The van der Waals surface area contributed by atoms with E-state index in [1.807, 2.05) is 13.0 Å². The number of non-ortho nitro benzene ring substituents is 1. The number of pyridine rings is 1. The second-order valence-electron chi connectivity index (χ2n) is 7.85. The van der Waals surface area contributed by atoms with Crippen LogP contribution in [-0.2, 0) is 9.59 Å². The summed E-state index contributed by atoms with van der Waals surface area (Å²) in [7, 11) is 0. The largest absolute Gasteiger partial charge is 0.362 e. The standard InChI is InChI=1S/C23H21ClN4O4/c1-12-5-3-8-19(25-12)27-23(30)20-13(2)26-17-6-4-7-18(29)22(17)21(20)15-11-14(28(31)32)9-10-16(15)24/h3,5,8-11,21,26H,4,6-7H2,1-2H3,(H,25,27,30). The molecular weight excluding hydrogens is 432 g/mol. The summed E-state index contributed by atoms with van der Waals surface area (Å²) >= 11 is 6.47. The van der Waals surface area contributed by atoms with E-state index in [2.05, 4.69) is 15.6 Å². The summed E-state index contributed by atoms with van der Waals surface area (Å²) in [6, 6.07) is 9.33. The molecular formula is C23H21ClN4O4. The van der Waals surface area contributed by atoms with Crippen LogP contribution >= 0.6 is 11.6 Å². The zero-order valence-electron chi connectivity index (χ0n) is 17.6. The molecule has 1 aliphatic heterocycles. The van der Waals surface area contributed by atoms with Crippen molar-refractivity contribution in [3.05, 3.63) is 85.3 Å². The van der Waals surface area contributed by atoms with Crippen LogP contribution in [0.4, 0.5) is 11.5 Å². The van der Waals surface area contributed by atoms with Gasteiger partial charge in [-0.3, -0.25) is 19.7 Å². The fraction of sp³-hybridized carbons (Fsp3) is 0.261. The summed E-state index contributed by atoms with van der Waals surface area (Å²) < 4.78 is 0. The first kappa shape index (κ1) is 21.7. The zero-order valence-corrected chi connectivity index (χ0v) is 18.3. The highest BCUT2D eigenvalue weighted by Crippen LogP contribution is 2.45. The number of nitrogens with zero attached hydrogens (tertiary/aromatic N) is 2. The fourth-order valence-corrected chi connectivity index (χ4v) is 4.48. The van der Waals surface area contributed by atoms with E-state index in [9.17, 15) is 19.7 Å². The number of benzene rings is 1. The van der Waals surface area contributed by atoms with Crippen molar-refractivity contribution in [2.75, 3.05) is 5.32 Å². The lowest BCUT2D eigenvalue weighted by molar-refractivity contribution is -0.384. The molecule has 0 saturated carbocycles. The monoisotopic (exact) mass is 452 g/mol. The molecule has 164 valence electrons. The highest BCUT2D eigenvalue weighted by Gasteiger charge is 2.40. The Kier molecular flexibility index (Phi) is 5.80. The van der Waals surface area contributed by atoms with E-state index in [1.54, 1.807) is 19.1 Å². The molecule has 2 N–H and O–H groups in total. The maximum Gasteiger partial charge on any atom is 0.269 e. The van der Waals surface area contributed by atoms with Crippen LogP contribution in [0.1, 0.15) is 43.4 Å². The molecule has 2 aliphatic rings. The molecule has 1 unspecified atom stereocenters. The molecule has 0 bridgehead atoms. The Morgan fingerprint density at radius 2 is 2.03 bits per heavy atom. The molecule has 1 aliphatic carbocycles. The lowest BCUT2D eigenvalue weighted by atomic mass is 9.75. The van der Waals surface area contributed by atoms with Gasteiger partial charge in [-0.2, -0.15) is 0 Å². The minimum absolute atomic E-state index is 0.0993. The molecule has 1 aromatic carbocycles. The SMILES string of the molecule is CC1=C(C(=O)Nc2cccc(C)n2)C(c2cc([N+](=O)[O-])ccc2Cl)C2=C(CCCC2=O)N1. The van der Waals surface area contributed by atoms with Gasteiger partial charge in [-0.15, -0.1) is 0 Å². The molecule has 0 saturated heterocycles. The summed E-state index contributed by atoms with van der Waals surface area (Å²) in [5, 5.41) is 17.7. The van der Waals surface area contributed by atoms with Crippen molar-refractivity contribution in [2.24, 2.45) is 0 Å². The van der Waals surface area contributed by atoms with Crippen LogP contribution in [0, 0.1) is 17.0 Å². The average Bonchev–Trinajstić information content (AvgIpc) is 2.73. The van der Waals surface area contributed by atoms with Crippen LogP contribution in [0.3, 0.4) is 0 Å². The number of rotatable bonds is 4. The first-order chi connectivity index (χ1) is 15.3. The van der Waals surface area contributed by atoms with Gasteiger partial charge in [0.15, 0.2) is 5.78 Å². The average molecular weight is 453 g/mol. The Bertz CT molecular complexity index is 1220. The van der Waals surface area contributed by atoms with Crippen molar-refractivity contribution >= 4 is 34.8 Å². The lowest BCUT2D eigenvalue weighted by Crippen LogP contribution is -2.35. The number of Topliss-reactive ketones (excluding diaryl/α,β-unsaturated/α-hetero) is 1. The van der Waals surface area contributed by atoms with Crippen molar-refractivity contribution in [3.8, 4) is 0 Å². The van der Waals surface area contributed by atoms with Gasteiger partial charge in [0.2, 0.25) is 0 Å². The number of aromatic nitrogens is 1. The van der Waals surface area contributed by atoms with Gasteiger partial charge in [0.25, 0.3) is 11.6 Å². The van der Waals surface area contributed by atoms with Crippen molar-refractivity contribution in [1.82, 2.24) is 10.3 Å². The van der Waals surface area contributed by atoms with E-state index < -0.39 is 16.7 Å². The Balaban J connectivity index is 1.86. The summed E-state index contributed by atoms with van der Waals surface area (Å²) in [6.45, 7) is 3.56. The van der Waals surface area contributed by atoms with Gasteiger partial charge in [-0.25, -0.2) is 4.98 Å². The summed E-state index contributed by atoms with van der Waals surface area (Å²) in [5.74, 6) is -1.01. The number of nitrogens with one attached hydrogen (secondary N) is 2. The number of anilines is 1. The van der Waals surface area contributed by atoms with Gasteiger partial charge in [-0.05, 0) is 50.5 Å². The first-order valence-corrected chi connectivity index (χ1v) is 10.6. The molecule has 2 aromatic rings. The van der Waals surface area contributed by atoms with Gasteiger partial charge in [0, 0.05) is 57.7 Å². The Morgan fingerprint density at radius 1 is 1.25 bits per heavy atom. The maximum atomic E-state index is 13.4. The van der Waals surface area contributed by atoms with Crippen LogP contribution in [0.25, 0.3) is 0 Å². The van der Waals surface area contributed by atoms with Gasteiger partial charge >= 0.3 is 0 Å². The molecule has 0 fully saturated rings. The van der Waals surface area contributed by atoms with E-state index >= 15 is 0 Å². The van der Waals surface area contributed by atoms with Gasteiger partial charge < -0.3 is 10.6 Å². The van der Waals surface area contributed by atoms with Crippen molar-refractivity contribution in [3.63, 3.8) is 0 Å². The van der Waals surface area contributed by atoms with Gasteiger partial charge in [-0.1, -0.05) is 17.7 Å². The predicted octanol–water partition coefficient (Wildman–Crippen LogP) is 4.56. The second kappa shape index (κ2) is 8.55. The third-order valence-corrected chi connectivity index (χ3v) is 6.00. The maximum absolute atomic E-state index is 13.4. The summed E-state index contributed by atoms with van der Waals surface area (Å²) in [6.07, 6.45) is 1.69. The minimum atomic E-state index is -0.823. The molecule has 4 rings (SSSR count). The number of amides is 1. The number of halogens is 1. The molecule has 8 nitrogen and oxygen atoms in total. The molecule has 1 aromatic heterocycles.